The maximum atomic E-state index is 15.4. The number of benzene rings is 2. The van der Waals surface area contributed by atoms with Crippen molar-refractivity contribution in [2.75, 3.05) is 20.3 Å². The van der Waals surface area contributed by atoms with Crippen molar-refractivity contribution in [3.8, 4) is 0 Å². The largest absolute Gasteiger partial charge is 0.467 e. The van der Waals surface area contributed by atoms with Gasteiger partial charge in [-0.25, -0.2) is 14.4 Å². The first-order valence-electron chi connectivity index (χ1n) is 24.1. The Morgan fingerprint density at radius 1 is 0.615 bits per heavy atom. The molecule has 2 aliphatic rings. The lowest BCUT2D eigenvalue weighted by Crippen LogP contribution is -2.71. The monoisotopic (exact) mass is 1100 g/mol. The Kier molecular flexibility index (Phi) is 23.6. The third-order valence-corrected chi connectivity index (χ3v) is 11.4. The summed E-state index contributed by atoms with van der Waals surface area (Å²) in [5, 5.41) is 7.36. The van der Waals surface area contributed by atoms with Gasteiger partial charge in [-0.3, -0.25) is 43.2 Å². The van der Waals surface area contributed by atoms with E-state index in [1.807, 2.05) is 0 Å². The van der Waals surface area contributed by atoms with Gasteiger partial charge < -0.3 is 72.8 Å². The van der Waals surface area contributed by atoms with Crippen molar-refractivity contribution in [1.29, 1.82) is 0 Å². The standard InChI is InChI=1S/C51H63N3O24/c1-26(55)52-41-38(72-29(4)58)21-51(49(65)67-9,78-46(41)44(75-32(7)61)39(73-30(5)59)25-68-28(3)57)40(63)20-37-43(74-31(6)60)45(76-33(8)62)42(53-27(2)56)48(77-37)70-24-36(47(64)69-22-34-16-12-10-13-17-34)54-50(66)71-23-35-18-14-11-15-19-35/h10-19,36-39,41-46,48H,20-25H2,1-9H3,(H,52,55)(H,53,56)(H,54,66)/t36-,37+,38-,39+,41+,42+,43-,44+,45+,46+,48-,51?/m0/s1. The number of ether oxygens (including phenoxy) is 12. The normalized spacial score (nSPS) is 23.6. The number of Topliss-reactive ketones (excluding diaryl/α,β-unsaturated/α-hetero) is 1. The Morgan fingerprint density at radius 3 is 1.67 bits per heavy atom. The second kappa shape index (κ2) is 29.5. The quantitative estimate of drug-likeness (QED) is 0.0738. The van der Waals surface area contributed by atoms with Gasteiger partial charge in [0.1, 0.15) is 44.2 Å². The lowest BCUT2D eigenvalue weighted by molar-refractivity contribution is -0.274. The van der Waals surface area contributed by atoms with Crippen LogP contribution in [0, 0.1) is 0 Å². The molecule has 2 heterocycles. The van der Waals surface area contributed by atoms with Crippen LogP contribution >= 0.6 is 0 Å². The summed E-state index contributed by atoms with van der Waals surface area (Å²) in [6, 6.07) is 11.9. The Labute approximate surface area is 447 Å². The first-order valence-corrected chi connectivity index (χ1v) is 24.1. The molecule has 0 aliphatic carbocycles. The molecule has 0 bridgehead atoms. The van der Waals surface area contributed by atoms with Crippen LogP contribution in [0.5, 0.6) is 0 Å². The van der Waals surface area contributed by atoms with E-state index in [1.165, 1.54) is 0 Å². The molecule has 0 aromatic heterocycles. The molecule has 1 unspecified atom stereocenters. The number of alkyl carbamates (subject to hydrolysis) is 1. The van der Waals surface area contributed by atoms with Gasteiger partial charge in [0.2, 0.25) is 17.4 Å². The molecule has 2 saturated heterocycles. The molecule has 0 spiro atoms. The van der Waals surface area contributed by atoms with Crippen molar-refractivity contribution in [2.24, 2.45) is 0 Å². The van der Waals surface area contributed by atoms with Crippen molar-refractivity contribution >= 4 is 71.4 Å². The highest BCUT2D eigenvalue weighted by Gasteiger charge is 2.63. The number of hydrogen-bond donors (Lipinski definition) is 3. The maximum absolute atomic E-state index is 15.4. The molecule has 2 aromatic carbocycles. The summed E-state index contributed by atoms with van der Waals surface area (Å²) in [5.41, 5.74) is -1.88. The predicted molar refractivity (Wildman–Crippen MR) is 258 cm³/mol. The van der Waals surface area contributed by atoms with E-state index < -0.39 is 170 Å². The van der Waals surface area contributed by atoms with Crippen molar-refractivity contribution in [3.05, 3.63) is 71.8 Å². The van der Waals surface area contributed by atoms with Crippen LogP contribution in [0.15, 0.2) is 60.7 Å². The topological polar surface area (TPSA) is 352 Å². The van der Waals surface area contributed by atoms with Crippen LogP contribution in [0.2, 0.25) is 0 Å². The zero-order valence-corrected chi connectivity index (χ0v) is 44.2. The molecule has 4 rings (SSSR count). The minimum Gasteiger partial charge on any atom is -0.467 e. The molecule has 2 aliphatic heterocycles. The summed E-state index contributed by atoms with van der Waals surface area (Å²) in [4.78, 5) is 158. The number of nitrogens with one attached hydrogen (secondary N) is 3. The highest BCUT2D eigenvalue weighted by Crippen LogP contribution is 2.39. The van der Waals surface area contributed by atoms with E-state index in [0.29, 0.717) is 11.1 Å². The molecule has 2 aromatic rings. The van der Waals surface area contributed by atoms with E-state index in [-0.39, 0.29) is 13.2 Å². The molecule has 27 heteroatoms. The van der Waals surface area contributed by atoms with Crippen molar-refractivity contribution in [1.82, 2.24) is 16.0 Å². The molecule has 3 N–H and O–H groups in total. The molecule has 12 atom stereocenters. The zero-order chi connectivity index (χ0) is 57.9. The minimum atomic E-state index is -3.03. The molecule has 0 saturated carbocycles. The van der Waals surface area contributed by atoms with Crippen molar-refractivity contribution in [3.63, 3.8) is 0 Å². The fraction of sp³-hybridized carbons (Fsp3) is 0.529. The molecule has 3 amide bonds. The predicted octanol–water partition coefficient (Wildman–Crippen LogP) is 0.657. The molecular weight excluding hydrogens is 1040 g/mol. The Balaban J connectivity index is 1.87. The SMILES string of the molecule is COC(=O)C1(C(=O)C[C@H]2O[C@H](OC[C@H](NC(=O)OCc3ccccc3)C(=O)OCc3ccccc3)[C@H](NC(C)=O)[C@@H](OC(C)=O)[C@H]2OC(C)=O)C[C@H](OC(C)=O)[C@@H](NC(C)=O)[C@H]([C@H](OC(C)=O)[C@@H](COC(C)=O)OC(C)=O)O1. The second-order valence-corrected chi connectivity index (χ2v) is 17.7. The maximum Gasteiger partial charge on any atom is 0.408 e. The van der Waals surface area contributed by atoms with E-state index in [4.69, 9.17) is 56.8 Å². The first-order chi connectivity index (χ1) is 36.8. The van der Waals surface area contributed by atoms with E-state index in [9.17, 15) is 52.7 Å². The van der Waals surface area contributed by atoms with E-state index in [0.717, 1.165) is 62.5 Å². The highest BCUT2D eigenvalue weighted by atomic mass is 16.7. The minimum absolute atomic E-state index is 0.231. The van der Waals surface area contributed by atoms with Gasteiger partial charge in [0.15, 0.2) is 42.5 Å². The van der Waals surface area contributed by atoms with Gasteiger partial charge >= 0.3 is 53.8 Å². The second-order valence-electron chi connectivity index (χ2n) is 17.7. The summed E-state index contributed by atoms with van der Waals surface area (Å²) < 4.78 is 67.7. The van der Waals surface area contributed by atoms with Crippen LogP contribution < -0.4 is 16.0 Å². The molecule has 0 radical (unpaired) electrons. The molecule has 426 valence electrons. The van der Waals surface area contributed by atoms with Gasteiger partial charge in [-0.15, -0.1) is 0 Å². The van der Waals surface area contributed by atoms with E-state index in [2.05, 4.69) is 16.0 Å². The van der Waals surface area contributed by atoms with E-state index in [1.54, 1.807) is 60.7 Å². The highest BCUT2D eigenvalue weighted by molar-refractivity contribution is 6.08. The Bertz CT molecular complexity index is 2490. The number of amides is 3. The summed E-state index contributed by atoms with van der Waals surface area (Å²) in [7, 11) is 0.840. The van der Waals surface area contributed by atoms with Gasteiger partial charge in [-0.2, -0.15) is 0 Å². The number of carbonyl (C=O) groups excluding carboxylic acids is 12. The first kappa shape index (κ1) is 62.5. The average molecular weight is 1100 g/mol. The van der Waals surface area contributed by atoms with Gasteiger partial charge in [0.25, 0.3) is 0 Å². The lowest BCUT2D eigenvalue weighted by atomic mass is 9.78. The third kappa shape index (κ3) is 18.6. The summed E-state index contributed by atoms with van der Waals surface area (Å²) in [6.07, 6.45) is -18.5. The van der Waals surface area contributed by atoms with Crippen LogP contribution in [0.4, 0.5) is 4.79 Å². The fourth-order valence-corrected chi connectivity index (χ4v) is 8.44. The zero-order valence-electron chi connectivity index (χ0n) is 44.2. The molecule has 27 nitrogen and oxygen atoms in total. The van der Waals surface area contributed by atoms with Crippen molar-refractivity contribution < 1.29 is 114 Å². The van der Waals surface area contributed by atoms with Crippen LogP contribution in [0.25, 0.3) is 0 Å². The summed E-state index contributed by atoms with van der Waals surface area (Å²) in [6.45, 7) is 5.56. The number of hydrogen-bond acceptors (Lipinski definition) is 24. The average Bonchev–Trinajstić information content (AvgIpc) is 3.39. The van der Waals surface area contributed by atoms with Crippen LogP contribution in [-0.4, -0.2) is 165 Å². The van der Waals surface area contributed by atoms with Crippen LogP contribution in [0.3, 0.4) is 0 Å². The number of ketones is 1. The van der Waals surface area contributed by atoms with Crippen molar-refractivity contribution in [2.45, 2.75) is 154 Å². The molecule has 2 fully saturated rings. The smallest absolute Gasteiger partial charge is 0.408 e. The number of rotatable bonds is 24. The van der Waals surface area contributed by atoms with Gasteiger partial charge in [0.05, 0.1) is 19.8 Å². The third-order valence-electron chi connectivity index (χ3n) is 11.4. The van der Waals surface area contributed by atoms with Gasteiger partial charge in [-0.05, 0) is 11.1 Å². The fourth-order valence-electron chi connectivity index (χ4n) is 8.44. The number of carbonyl (C=O) groups is 12. The van der Waals surface area contributed by atoms with Crippen LogP contribution in [0.1, 0.15) is 79.4 Å². The van der Waals surface area contributed by atoms with Crippen LogP contribution in [-0.2, 0) is 123 Å². The van der Waals surface area contributed by atoms with Gasteiger partial charge in [0, 0.05) is 68.2 Å². The van der Waals surface area contributed by atoms with E-state index >= 15 is 4.79 Å². The molecule has 78 heavy (non-hydrogen) atoms. The lowest BCUT2D eigenvalue weighted by Gasteiger charge is -2.49. The summed E-state index contributed by atoms with van der Waals surface area (Å²) in [5.74, 6) is -11.7. The Hall–Kier alpha value is -8.04. The molecular formula is C51H63N3O24. The number of esters is 8. The summed E-state index contributed by atoms with van der Waals surface area (Å²) >= 11 is 0. The number of methoxy groups -OCH3 is 1. The Morgan fingerprint density at radius 2 is 1.15 bits per heavy atom. The van der Waals surface area contributed by atoms with Gasteiger partial charge in [-0.1, -0.05) is 60.7 Å².